The molecule has 0 aliphatic rings. The average molecular weight is 1120 g/mol. The van der Waals surface area contributed by atoms with Gasteiger partial charge in [0.25, 0.3) is 0 Å². The summed E-state index contributed by atoms with van der Waals surface area (Å²) >= 11 is 2.70. The fourth-order valence-electron chi connectivity index (χ4n) is 7.31. The molecule has 0 bridgehead atoms. The van der Waals surface area contributed by atoms with Crippen LogP contribution in [0.1, 0.15) is 42.9 Å². The molecule has 6 atom stereocenters. The van der Waals surface area contributed by atoms with Gasteiger partial charge >= 0.3 is 16.4 Å². The Hall–Kier alpha value is -5.16. The largest absolute Gasteiger partial charge is 0.481 e. The zero-order chi connectivity index (χ0) is 53.7. The molecule has 28 heteroatoms. The van der Waals surface area contributed by atoms with Crippen LogP contribution in [0.4, 0.5) is 0 Å². The van der Waals surface area contributed by atoms with Gasteiger partial charge in [0.05, 0.1) is 13.0 Å². The summed E-state index contributed by atoms with van der Waals surface area (Å²) in [6.07, 6.45) is 4.09. The van der Waals surface area contributed by atoms with Crippen molar-refractivity contribution in [3.8, 4) is 5.75 Å². The minimum Gasteiger partial charge on any atom is -0.481 e. The van der Waals surface area contributed by atoms with E-state index in [1.807, 2.05) is 0 Å². The number of benzene rings is 3. The fraction of sp³-hybridized carbons (Fsp3) is 0.383. The van der Waals surface area contributed by atoms with Gasteiger partial charge in [-0.25, -0.2) is 0 Å². The molecule has 0 aliphatic heterocycles. The monoisotopic (exact) mass is 1120 g/mol. The first-order chi connectivity index (χ1) is 34.7. The first-order valence-corrected chi connectivity index (χ1v) is 26.7. The zero-order valence-corrected chi connectivity index (χ0v) is 48.5. The van der Waals surface area contributed by atoms with Crippen molar-refractivity contribution in [2.75, 3.05) is 30.6 Å². The molecule has 396 valence electrons. The Morgan fingerprint density at radius 1 is 0.627 bits per heavy atom. The maximum atomic E-state index is 14.3. The van der Waals surface area contributed by atoms with Gasteiger partial charge in [0, 0.05) is 102 Å². The summed E-state index contributed by atoms with van der Waals surface area (Å²) in [4.78, 5) is 122. The molecule has 1 heterocycles. The fourth-order valence-corrected chi connectivity index (χ4v) is 8.61. The third-order valence-electron chi connectivity index (χ3n) is 10.9. The van der Waals surface area contributed by atoms with Gasteiger partial charge in [0.1, 0.15) is 42.0 Å². The quantitative estimate of drug-likeness (QED) is 0.0223. The van der Waals surface area contributed by atoms with E-state index in [1.54, 1.807) is 73.3 Å². The van der Waals surface area contributed by atoms with Crippen molar-refractivity contribution in [2.45, 2.75) is 81.7 Å². The van der Waals surface area contributed by atoms with E-state index in [1.165, 1.54) is 54.7 Å². The number of rotatable bonds is 30. The third-order valence-corrected chi connectivity index (χ3v) is 12.6. The second kappa shape index (κ2) is 33.1. The summed E-state index contributed by atoms with van der Waals surface area (Å²) in [6.45, 7) is 0.496. The Morgan fingerprint density at radius 3 is 1.68 bits per heavy atom. The van der Waals surface area contributed by atoms with Gasteiger partial charge in [-0.1, -0.05) is 60.7 Å². The Bertz CT molecular complexity index is 2700. The molecule has 4 rings (SSSR count). The van der Waals surface area contributed by atoms with Crippen molar-refractivity contribution >= 4 is 157 Å². The first-order valence-electron chi connectivity index (χ1n) is 22.6. The molecule has 23 nitrogen and oxygen atoms in total. The Kier molecular flexibility index (Phi) is 29.1. The molecule has 0 saturated carbocycles. The van der Waals surface area contributed by atoms with Crippen LogP contribution in [0.2, 0.25) is 0 Å². The number of fused-ring (bicyclic) bond motifs is 1. The molecule has 0 unspecified atom stereocenters. The van der Waals surface area contributed by atoms with Gasteiger partial charge < -0.3 is 57.2 Å². The number of aromatic amines is 1. The maximum absolute atomic E-state index is 14.3. The van der Waals surface area contributed by atoms with Crippen LogP contribution >= 0.6 is 23.5 Å². The number of carbonyl (C=O) groups excluding carboxylic acids is 8. The van der Waals surface area contributed by atoms with E-state index in [2.05, 4.69) is 46.4 Å². The Labute approximate surface area is 486 Å². The molecule has 8 amide bonds. The minimum atomic E-state index is -4.79. The van der Waals surface area contributed by atoms with E-state index < -0.39 is 113 Å². The number of aliphatic carboxylic acids is 1. The summed E-state index contributed by atoms with van der Waals surface area (Å²) < 4.78 is 35.6. The third kappa shape index (κ3) is 23.3. The Balaban J connectivity index is 0.00000963. The molecule has 3 aromatic carbocycles. The summed E-state index contributed by atoms with van der Waals surface area (Å²) in [6, 6.07) is 12.8. The van der Waals surface area contributed by atoms with Crippen molar-refractivity contribution in [3.05, 3.63) is 102 Å². The maximum Gasteiger partial charge on any atom is 0.446 e. The number of aromatic nitrogens is 1. The molecular weight excluding hydrogens is 1060 g/mol. The molecule has 2 radical (unpaired) electrons. The van der Waals surface area contributed by atoms with E-state index in [4.69, 9.17) is 10.3 Å². The number of H-pyrrole nitrogens is 1. The number of hydrogen-bond acceptors (Lipinski definition) is 14. The van der Waals surface area contributed by atoms with E-state index in [0.29, 0.717) is 28.2 Å². The number of para-hydroxylation sites is 1. The normalized spacial score (nSPS) is 13.3. The predicted molar refractivity (Wildman–Crippen MR) is 284 cm³/mol. The van der Waals surface area contributed by atoms with Crippen LogP contribution in [-0.2, 0) is 72.8 Å². The first kappa shape index (κ1) is 66.0. The van der Waals surface area contributed by atoms with Gasteiger partial charge in [0.2, 0.25) is 47.3 Å². The molecule has 12 N–H and O–H groups in total. The van der Waals surface area contributed by atoms with Gasteiger partial charge in [-0.05, 0) is 71.7 Å². The summed E-state index contributed by atoms with van der Waals surface area (Å²) in [5, 5.41) is 28.1. The van der Waals surface area contributed by atoms with Crippen molar-refractivity contribution in [3.63, 3.8) is 0 Å². The Morgan fingerprint density at radius 2 is 1.12 bits per heavy atom. The molecule has 0 fully saturated rings. The number of hydrogen-bond donors (Lipinski definition) is 11. The van der Waals surface area contributed by atoms with Crippen molar-refractivity contribution in [1.29, 1.82) is 0 Å². The summed E-state index contributed by atoms with van der Waals surface area (Å²) in [5.41, 5.74) is 7.98. The molecule has 0 saturated heterocycles. The second-order valence-corrected chi connectivity index (χ2v) is 19.5. The van der Waals surface area contributed by atoms with E-state index in [9.17, 15) is 56.7 Å². The number of carboxylic acids is 1. The SMILES string of the molecule is CSCC[C@H](NC(=O)[C@H](Cc1ccc(OS(=O)(=O)O)cc1)NC(C)=O)C(=O)NCC(=O)N[C@@H](Cc1c[nH]c2ccccc12)C(=O)N[C@@H](CCSC)C(=O)N[C@@H](CC(=O)O)C(=O)N[C@@H](Cc1ccccc1)C(N)=O.[Na].[Na]. The van der Waals surface area contributed by atoms with Crippen LogP contribution in [0.3, 0.4) is 0 Å². The van der Waals surface area contributed by atoms with Crippen molar-refractivity contribution in [2.24, 2.45) is 5.73 Å². The molecular formula is C47H59N9Na2O14S3. The van der Waals surface area contributed by atoms with Gasteiger partial charge in [-0.15, -0.1) is 0 Å². The van der Waals surface area contributed by atoms with Gasteiger partial charge in [-0.3, -0.25) is 47.7 Å². The smallest absolute Gasteiger partial charge is 0.446 e. The van der Waals surface area contributed by atoms with Crippen LogP contribution in [0.5, 0.6) is 5.75 Å². The second-order valence-electron chi connectivity index (χ2n) is 16.5. The number of carboxylic acid groups (broad SMARTS) is 1. The number of nitrogens with one attached hydrogen (secondary N) is 8. The zero-order valence-electron chi connectivity index (χ0n) is 42.0. The van der Waals surface area contributed by atoms with Gasteiger partial charge in [0.15, 0.2) is 0 Å². The topological polar surface area (TPSA) is 363 Å². The number of amides is 8. The predicted octanol–water partition coefficient (Wildman–Crippen LogP) is -0.873. The van der Waals surface area contributed by atoms with Crippen LogP contribution in [0, 0.1) is 0 Å². The van der Waals surface area contributed by atoms with Crippen molar-refractivity contribution in [1.82, 2.24) is 42.2 Å². The number of thioether (sulfide) groups is 2. The van der Waals surface area contributed by atoms with E-state index in [-0.39, 0.29) is 97.0 Å². The van der Waals surface area contributed by atoms with E-state index in [0.717, 1.165) is 10.9 Å². The van der Waals surface area contributed by atoms with Crippen LogP contribution in [0.15, 0.2) is 85.1 Å². The average Bonchev–Trinajstić information content (AvgIpc) is 3.74. The van der Waals surface area contributed by atoms with Crippen LogP contribution < -0.4 is 47.1 Å². The minimum absolute atomic E-state index is 0. The molecule has 0 spiro atoms. The summed E-state index contributed by atoms with van der Waals surface area (Å²) in [7, 11) is -4.79. The molecule has 75 heavy (non-hydrogen) atoms. The van der Waals surface area contributed by atoms with Gasteiger partial charge in [-0.2, -0.15) is 31.9 Å². The molecule has 4 aromatic rings. The molecule has 0 aliphatic carbocycles. The number of primary amides is 1. The standard InChI is InChI=1S/C47H59N9O14S3.2Na/c1-27(57)51-37(22-29-13-15-31(16-14-29)70-73(67,68)69)45(64)53-34(17-19-71-2)43(62)50-26-40(58)52-38(23-30-25-49-33-12-8-7-11-32(30)33)46(65)54-35(18-20-72-3)44(63)56-39(24-41(59)60)47(66)55-36(42(48)61)21-28-9-5-4-6-10-28;;/h4-16,25,34-39,49H,17-24,26H2,1-3H3,(H2,48,61)(H,50,62)(H,51,57)(H,52,58)(H,53,64)(H,54,65)(H,55,66)(H,56,63)(H,59,60)(H,67,68,69);;/t34-,35-,36-,37-,38-,39-;;/m0../s1. The molecule has 1 aromatic heterocycles. The number of carbonyl (C=O) groups is 9. The van der Waals surface area contributed by atoms with Crippen LogP contribution in [-0.4, -0.2) is 202 Å². The number of nitrogens with two attached hydrogens (primary N) is 1. The summed E-state index contributed by atoms with van der Waals surface area (Å²) in [5.74, 6) is -7.64. The van der Waals surface area contributed by atoms with Crippen molar-refractivity contribution < 1.29 is 65.4 Å². The van der Waals surface area contributed by atoms with Crippen LogP contribution in [0.25, 0.3) is 10.9 Å². The van der Waals surface area contributed by atoms with E-state index >= 15 is 0 Å².